The summed E-state index contributed by atoms with van der Waals surface area (Å²) in [5.74, 6) is 8.39. The maximum absolute atomic E-state index is 11.4. The van der Waals surface area contributed by atoms with Crippen molar-refractivity contribution in [1.29, 1.82) is 0 Å². The van der Waals surface area contributed by atoms with E-state index in [9.17, 15) is 4.21 Å². The summed E-state index contributed by atoms with van der Waals surface area (Å²) in [7, 11) is 0.995. The van der Waals surface area contributed by atoms with Crippen LogP contribution >= 0.6 is 0 Å². The minimum Gasteiger partial charge on any atom is -0.497 e. The van der Waals surface area contributed by atoms with Crippen molar-refractivity contribution < 1.29 is 14.1 Å². The molecule has 0 atom stereocenters. The normalized spacial score (nSPS) is 16.3. The van der Waals surface area contributed by atoms with Gasteiger partial charge in [0.15, 0.2) is 0 Å². The molecule has 1 heterocycles. The van der Waals surface area contributed by atoms with Gasteiger partial charge in [-0.3, -0.25) is 9.11 Å². The predicted octanol–water partition coefficient (Wildman–Crippen LogP) is 0.993. The number of benzene rings is 1. The molecular formula is C16H21NO3S. The zero-order valence-corrected chi connectivity index (χ0v) is 13.1. The Morgan fingerprint density at radius 2 is 2.14 bits per heavy atom. The molecule has 0 aromatic heterocycles. The third-order valence-electron chi connectivity index (χ3n) is 3.44. The molecule has 0 saturated carbocycles. The first-order valence-electron chi connectivity index (χ1n) is 7.07. The van der Waals surface area contributed by atoms with E-state index in [4.69, 9.17) is 9.84 Å². The number of rotatable bonds is 4. The van der Waals surface area contributed by atoms with Gasteiger partial charge in [-0.05, 0) is 23.8 Å². The molecule has 2 rings (SSSR count). The average Bonchev–Trinajstić information content (AvgIpc) is 2.51. The van der Waals surface area contributed by atoms with E-state index in [1.165, 1.54) is 0 Å². The number of aliphatic hydroxyl groups excluding tert-OH is 1. The second kappa shape index (κ2) is 8.18. The van der Waals surface area contributed by atoms with Crippen LogP contribution in [-0.2, 0) is 17.3 Å². The van der Waals surface area contributed by atoms with Crippen LogP contribution in [0.1, 0.15) is 17.5 Å². The summed E-state index contributed by atoms with van der Waals surface area (Å²) in [5.41, 5.74) is 2.09. The van der Waals surface area contributed by atoms with Crippen LogP contribution in [0, 0.1) is 11.8 Å². The molecule has 0 unspecified atom stereocenters. The zero-order valence-electron chi connectivity index (χ0n) is 12.3. The van der Waals surface area contributed by atoms with Crippen LogP contribution in [0.2, 0.25) is 0 Å². The molecule has 0 bridgehead atoms. The summed E-state index contributed by atoms with van der Waals surface area (Å²) < 4.78 is 16.7. The molecule has 1 fully saturated rings. The zero-order chi connectivity index (χ0) is 15.1. The van der Waals surface area contributed by atoms with Gasteiger partial charge in [0, 0.05) is 53.9 Å². The molecule has 0 amide bonds. The van der Waals surface area contributed by atoms with E-state index in [2.05, 4.69) is 16.7 Å². The second-order valence-corrected chi connectivity index (χ2v) is 6.62. The fourth-order valence-electron chi connectivity index (χ4n) is 2.24. The summed E-state index contributed by atoms with van der Waals surface area (Å²) >= 11 is 0. The smallest absolute Gasteiger partial charge is 0.119 e. The Hall–Kier alpha value is -1.35. The van der Waals surface area contributed by atoms with Crippen LogP contribution in [0.3, 0.4) is 0 Å². The molecule has 0 radical (unpaired) electrons. The first-order valence-corrected chi connectivity index (χ1v) is 8.55. The van der Waals surface area contributed by atoms with Crippen molar-refractivity contribution in [2.45, 2.75) is 13.0 Å². The molecule has 21 heavy (non-hydrogen) atoms. The Balaban J connectivity index is 2.15. The molecular weight excluding hydrogens is 286 g/mol. The molecule has 1 N–H and O–H groups in total. The summed E-state index contributed by atoms with van der Waals surface area (Å²) in [5, 5.41) is 8.82. The van der Waals surface area contributed by atoms with Gasteiger partial charge in [0.05, 0.1) is 13.7 Å². The molecule has 0 spiro atoms. The number of hydrogen-bond donors (Lipinski definition) is 1. The van der Waals surface area contributed by atoms with E-state index >= 15 is 0 Å². The largest absolute Gasteiger partial charge is 0.497 e. The van der Waals surface area contributed by atoms with Crippen molar-refractivity contribution in [3.05, 3.63) is 29.3 Å². The quantitative estimate of drug-likeness (QED) is 0.843. The molecule has 1 aliphatic rings. The van der Waals surface area contributed by atoms with E-state index in [0.29, 0.717) is 6.42 Å². The Morgan fingerprint density at radius 3 is 2.81 bits per heavy atom. The highest BCUT2D eigenvalue weighted by molar-refractivity contribution is 7.85. The van der Waals surface area contributed by atoms with Crippen molar-refractivity contribution in [3.8, 4) is 17.6 Å². The number of aliphatic hydroxyl groups is 1. The maximum atomic E-state index is 11.4. The monoisotopic (exact) mass is 307 g/mol. The molecule has 114 valence electrons. The minimum absolute atomic E-state index is 0.0798. The molecule has 0 aliphatic carbocycles. The van der Waals surface area contributed by atoms with Gasteiger partial charge < -0.3 is 9.84 Å². The van der Waals surface area contributed by atoms with Gasteiger partial charge in [-0.25, -0.2) is 0 Å². The van der Waals surface area contributed by atoms with Gasteiger partial charge >= 0.3 is 0 Å². The Labute approximate surface area is 128 Å². The molecule has 5 heteroatoms. The van der Waals surface area contributed by atoms with Gasteiger partial charge in [-0.1, -0.05) is 11.8 Å². The molecule has 1 aromatic rings. The summed E-state index contributed by atoms with van der Waals surface area (Å²) in [4.78, 5) is 2.30. The van der Waals surface area contributed by atoms with Crippen LogP contribution in [0.25, 0.3) is 0 Å². The van der Waals surface area contributed by atoms with Crippen molar-refractivity contribution in [2.24, 2.45) is 0 Å². The van der Waals surface area contributed by atoms with Gasteiger partial charge in [-0.2, -0.15) is 0 Å². The standard InChI is InChI=1S/C16H21NO3S/c1-20-16-6-5-14(4-2-3-9-18)15(12-16)13-17-7-10-21(19)11-8-17/h5-6,12,18H,3,7-11,13H2,1H3. The third kappa shape index (κ3) is 4.85. The molecule has 4 nitrogen and oxygen atoms in total. The third-order valence-corrected chi connectivity index (χ3v) is 4.71. The SMILES string of the molecule is COc1ccc(C#CCCO)c(CN2CCS(=O)CC2)c1. The van der Waals surface area contributed by atoms with Gasteiger partial charge in [0.1, 0.15) is 5.75 Å². The van der Waals surface area contributed by atoms with Crippen LogP contribution in [0.4, 0.5) is 0 Å². The summed E-state index contributed by atoms with van der Waals surface area (Å²) in [6.45, 7) is 2.58. The van der Waals surface area contributed by atoms with Crippen molar-refractivity contribution >= 4 is 10.8 Å². The highest BCUT2D eigenvalue weighted by atomic mass is 32.2. The van der Waals surface area contributed by atoms with E-state index in [1.807, 2.05) is 18.2 Å². The van der Waals surface area contributed by atoms with Gasteiger partial charge in [0.2, 0.25) is 0 Å². The Bertz CT molecular complexity index is 552. The average molecular weight is 307 g/mol. The lowest BCUT2D eigenvalue weighted by Gasteiger charge is -2.26. The van der Waals surface area contributed by atoms with E-state index < -0.39 is 10.8 Å². The summed E-state index contributed by atoms with van der Waals surface area (Å²) in [6, 6.07) is 5.87. The first-order chi connectivity index (χ1) is 10.2. The van der Waals surface area contributed by atoms with Crippen LogP contribution in [0.5, 0.6) is 5.75 Å². The van der Waals surface area contributed by atoms with Crippen LogP contribution in [-0.4, -0.2) is 52.5 Å². The van der Waals surface area contributed by atoms with E-state index in [1.54, 1.807) is 7.11 Å². The topological polar surface area (TPSA) is 49.8 Å². The molecule has 1 saturated heterocycles. The lowest BCUT2D eigenvalue weighted by Crippen LogP contribution is -2.37. The maximum Gasteiger partial charge on any atom is 0.119 e. The Kier molecular flexibility index (Phi) is 6.24. The lowest BCUT2D eigenvalue weighted by atomic mass is 10.1. The lowest BCUT2D eigenvalue weighted by molar-refractivity contribution is 0.290. The summed E-state index contributed by atoms with van der Waals surface area (Å²) in [6.07, 6.45) is 0.480. The fourth-order valence-corrected chi connectivity index (χ4v) is 3.37. The van der Waals surface area contributed by atoms with Crippen molar-refractivity contribution in [1.82, 2.24) is 4.90 Å². The van der Waals surface area contributed by atoms with Crippen LogP contribution < -0.4 is 4.74 Å². The number of ether oxygens (including phenoxy) is 1. The van der Waals surface area contributed by atoms with Crippen molar-refractivity contribution in [2.75, 3.05) is 38.3 Å². The van der Waals surface area contributed by atoms with Gasteiger partial charge in [0.25, 0.3) is 0 Å². The van der Waals surface area contributed by atoms with Crippen molar-refractivity contribution in [3.63, 3.8) is 0 Å². The van der Waals surface area contributed by atoms with E-state index in [-0.39, 0.29) is 6.61 Å². The minimum atomic E-state index is -0.658. The Morgan fingerprint density at radius 1 is 1.38 bits per heavy atom. The van der Waals surface area contributed by atoms with E-state index in [0.717, 1.165) is 48.0 Å². The predicted molar refractivity (Wildman–Crippen MR) is 84.7 cm³/mol. The highest BCUT2D eigenvalue weighted by Crippen LogP contribution is 2.19. The second-order valence-electron chi connectivity index (χ2n) is 4.92. The first kappa shape index (κ1) is 16.0. The number of nitrogens with zero attached hydrogens (tertiary/aromatic N) is 1. The number of methoxy groups -OCH3 is 1. The number of hydrogen-bond acceptors (Lipinski definition) is 4. The highest BCUT2D eigenvalue weighted by Gasteiger charge is 2.16. The molecule has 1 aliphatic heterocycles. The van der Waals surface area contributed by atoms with Crippen LogP contribution in [0.15, 0.2) is 18.2 Å². The molecule has 1 aromatic carbocycles. The fraction of sp³-hybridized carbons (Fsp3) is 0.500. The van der Waals surface area contributed by atoms with Gasteiger partial charge in [-0.15, -0.1) is 0 Å².